The minimum atomic E-state index is -4.15. The molecule has 19 heavy (non-hydrogen) atoms. The first-order valence-electron chi connectivity index (χ1n) is 6.08. The van der Waals surface area contributed by atoms with Crippen molar-refractivity contribution in [3.05, 3.63) is 29.8 Å². The average molecular weight is 276 g/mol. The third-order valence-electron chi connectivity index (χ3n) is 2.54. The van der Waals surface area contributed by atoms with E-state index in [9.17, 15) is 13.2 Å². The maximum absolute atomic E-state index is 12.1. The molecule has 1 aromatic rings. The SMILES string of the molecule is CN(CCCOc1cccc(CN)c1)CC(F)(F)F. The Hall–Kier alpha value is -1.27. The van der Waals surface area contributed by atoms with Crippen LogP contribution in [0.1, 0.15) is 12.0 Å². The van der Waals surface area contributed by atoms with Gasteiger partial charge in [0.2, 0.25) is 0 Å². The molecule has 0 fully saturated rings. The monoisotopic (exact) mass is 276 g/mol. The van der Waals surface area contributed by atoms with E-state index in [1.165, 1.54) is 11.9 Å². The van der Waals surface area contributed by atoms with Crippen LogP contribution in [0.15, 0.2) is 24.3 Å². The van der Waals surface area contributed by atoms with Crippen molar-refractivity contribution in [1.82, 2.24) is 4.90 Å². The van der Waals surface area contributed by atoms with E-state index in [4.69, 9.17) is 10.5 Å². The summed E-state index contributed by atoms with van der Waals surface area (Å²) in [6.45, 7) is 0.271. The quantitative estimate of drug-likeness (QED) is 0.777. The van der Waals surface area contributed by atoms with Gasteiger partial charge in [-0.05, 0) is 31.2 Å². The van der Waals surface area contributed by atoms with Crippen molar-refractivity contribution < 1.29 is 17.9 Å². The minimum absolute atomic E-state index is 0.343. The van der Waals surface area contributed by atoms with Gasteiger partial charge in [0.25, 0.3) is 0 Å². The fraction of sp³-hybridized carbons (Fsp3) is 0.538. The Bertz CT molecular complexity index is 382. The van der Waals surface area contributed by atoms with Crippen LogP contribution in [0.5, 0.6) is 5.75 Å². The molecule has 2 N–H and O–H groups in total. The van der Waals surface area contributed by atoms with Gasteiger partial charge in [-0.2, -0.15) is 13.2 Å². The maximum atomic E-state index is 12.1. The van der Waals surface area contributed by atoms with Crippen LogP contribution in [-0.4, -0.2) is 37.8 Å². The molecule has 0 aliphatic carbocycles. The molecular formula is C13H19F3N2O. The summed E-state index contributed by atoms with van der Waals surface area (Å²) >= 11 is 0. The van der Waals surface area contributed by atoms with Crippen molar-refractivity contribution in [3.63, 3.8) is 0 Å². The lowest BCUT2D eigenvalue weighted by Gasteiger charge is -2.18. The van der Waals surface area contributed by atoms with Gasteiger partial charge in [-0.25, -0.2) is 0 Å². The summed E-state index contributed by atoms with van der Waals surface area (Å²) in [6.07, 6.45) is -3.61. The van der Waals surface area contributed by atoms with Crippen LogP contribution in [0.4, 0.5) is 13.2 Å². The number of halogens is 3. The smallest absolute Gasteiger partial charge is 0.401 e. The van der Waals surface area contributed by atoms with Crippen LogP contribution >= 0.6 is 0 Å². The molecule has 0 aromatic heterocycles. The van der Waals surface area contributed by atoms with Gasteiger partial charge < -0.3 is 10.5 Å². The maximum Gasteiger partial charge on any atom is 0.401 e. The normalized spacial score (nSPS) is 11.9. The topological polar surface area (TPSA) is 38.5 Å². The van der Waals surface area contributed by atoms with Crippen LogP contribution in [-0.2, 0) is 6.54 Å². The predicted molar refractivity (Wildman–Crippen MR) is 68.0 cm³/mol. The molecule has 1 aromatic carbocycles. The summed E-state index contributed by atoms with van der Waals surface area (Å²) in [5.41, 5.74) is 6.47. The highest BCUT2D eigenvalue weighted by Crippen LogP contribution is 2.16. The van der Waals surface area contributed by atoms with Crippen molar-refractivity contribution in [2.45, 2.75) is 19.1 Å². The van der Waals surface area contributed by atoms with Crippen molar-refractivity contribution in [2.24, 2.45) is 5.73 Å². The third kappa shape index (κ3) is 7.03. The van der Waals surface area contributed by atoms with E-state index < -0.39 is 12.7 Å². The van der Waals surface area contributed by atoms with Gasteiger partial charge in [-0.15, -0.1) is 0 Å². The summed E-state index contributed by atoms with van der Waals surface area (Å²) in [7, 11) is 1.45. The zero-order chi connectivity index (χ0) is 14.3. The number of alkyl halides is 3. The summed E-state index contributed by atoms with van der Waals surface area (Å²) in [5, 5.41) is 0. The van der Waals surface area contributed by atoms with Gasteiger partial charge in [0, 0.05) is 13.1 Å². The molecule has 0 atom stereocenters. The highest BCUT2D eigenvalue weighted by Gasteiger charge is 2.28. The summed E-state index contributed by atoms with van der Waals surface area (Å²) < 4.78 is 41.7. The Balaban J connectivity index is 2.23. The van der Waals surface area contributed by atoms with Crippen LogP contribution in [0.2, 0.25) is 0 Å². The molecular weight excluding hydrogens is 257 g/mol. The fourth-order valence-corrected chi connectivity index (χ4v) is 1.67. The number of benzene rings is 1. The lowest BCUT2D eigenvalue weighted by atomic mass is 10.2. The molecule has 1 rings (SSSR count). The largest absolute Gasteiger partial charge is 0.494 e. The zero-order valence-electron chi connectivity index (χ0n) is 10.9. The number of ether oxygens (including phenoxy) is 1. The molecule has 0 unspecified atom stereocenters. The van der Waals surface area contributed by atoms with Gasteiger partial charge in [0.15, 0.2) is 0 Å². The molecule has 0 aliphatic heterocycles. The third-order valence-corrected chi connectivity index (χ3v) is 2.54. The second-order valence-electron chi connectivity index (χ2n) is 4.41. The van der Waals surface area contributed by atoms with E-state index in [2.05, 4.69) is 0 Å². The molecule has 0 saturated carbocycles. The highest BCUT2D eigenvalue weighted by atomic mass is 19.4. The molecule has 0 amide bonds. The second kappa shape index (κ2) is 7.35. The van der Waals surface area contributed by atoms with Crippen LogP contribution in [0, 0.1) is 0 Å². The number of hydrogen-bond acceptors (Lipinski definition) is 3. The molecule has 0 spiro atoms. The molecule has 0 bridgehead atoms. The Morgan fingerprint density at radius 3 is 2.68 bits per heavy atom. The Morgan fingerprint density at radius 2 is 2.05 bits per heavy atom. The van der Waals surface area contributed by atoms with Crippen LogP contribution < -0.4 is 10.5 Å². The van der Waals surface area contributed by atoms with E-state index in [-0.39, 0.29) is 0 Å². The van der Waals surface area contributed by atoms with Crippen molar-refractivity contribution >= 4 is 0 Å². The Morgan fingerprint density at radius 1 is 1.32 bits per heavy atom. The van der Waals surface area contributed by atoms with E-state index in [1.807, 2.05) is 18.2 Å². The Kier molecular flexibility index (Phi) is 6.11. The first-order chi connectivity index (χ1) is 8.90. The summed E-state index contributed by atoms with van der Waals surface area (Å²) in [6, 6.07) is 7.37. The minimum Gasteiger partial charge on any atom is -0.494 e. The van der Waals surface area contributed by atoms with E-state index in [1.54, 1.807) is 6.07 Å². The van der Waals surface area contributed by atoms with Crippen LogP contribution in [0.3, 0.4) is 0 Å². The van der Waals surface area contributed by atoms with Gasteiger partial charge in [0.05, 0.1) is 13.2 Å². The average Bonchev–Trinajstić information content (AvgIpc) is 2.33. The van der Waals surface area contributed by atoms with Gasteiger partial charge in [0.1, 0.15) is 5.75 Å². The number of nitrogens with two attached hydrogens (primary N) is 1. The first kappa shape index (κ1) is 15.8. The molecule has 0 saturated heterocycles. The zero-order valence-corrected chi connectivity index (χ0v) is 10.9. The van der Waals surface area contributed by atoms with Gasteiger partial charge in [-0.1, -0.05) is 12.1 Å². The Labute approximate surface area is 111 Å². The number of hydrogen-bond donors (Lipinski definition) is 1. The molecule has 3 nitrogen and oxygen atoms in total. The number of nitrogens with zero attached hydrogens (tertiary/aromatic N) is 1. The van der Waals surface area contributed by atoms with Crippen LogP contribution in [0.25, 0.3) is 0 Å². The summed E-state index contributed by atoms with van der Waals surface area (Å²) in [5.74, 6) is 0.696. The van der Waals surface area contributed by atoms with E-state index in [0.29, 0.717) is 31.9 Å². The van der Waals surface area contributed by atoms with Gasteiger partial charge in [-0.3, -0.25) is 4.90 Å². The van der Waals surface area contributed by atoms with Gasteiger partial charge >= 0.3 is 6.18 Å². The van der Waals surface area contributed by atoms with Crippen molar-refractivity contribution in [2.75, 3.05) is 26.7 Å². The lowest BCUT2D eigenvalue weighted by molar-refractivity contribution is -0.143. The molecule has 0 aliphatic rings. The number of rotatable bonds is 7. The lowest BCUT2D eigenvalue weighted by Crippen LogP contribution is -2.32. The second-order valence-corrected chi connectivity index (χ2v) is 4.41. The van der Waals surface area contributed by atoms with E-state index in [0.717, 1.165) is 5.56 Å². The first-order valence-corrected chi connectivity index (χ1v) is 6.08. The summed E-state index contributed by atoms with van der Waals surface area (Å²) in [4.78, 5) is 1.24. The molecule has 0 radical (unpaired) electrons. The highest BCUT2D eigenvalue weighted by molar-refractivity contribution is 5.28. The molecule has 0 heterocycles. The standard InChI is InChI=1S/C13H19F3N2O/c1-18(10-13(14,15)16)6-3-7-19-12-5-2-4-11(8-12)9-17/h2,4-5,8H,3,6-7,9-10,17H2,1H3. The van der Waals surface area contributed by atoms with Crippen molar-refractivity contribution in [1.29, 1.82) is 0 Å². The molecule has 108 valence electrons. The van der Waals surface area contributed by atoms with Crippen molar-refractivity contribution in [3.8, 4) is 5.75 Å². The fourth-order valence-electron chi connectivity index (χ4n) is 1.67. The predicted octanol–water partition coefficient (Wildman–Crippen LogP) is 2.41. The van der Waals surface area contributed by atoms with E-state index >= 15 is 0 Å². The molecule has 6 heteroatoms.